The lowest BCUT2D eigenvalue weighted by Crippen LogP contribution is -1.98. The number of hydrogen-bond acceptors (Lipinski definition) is 6. The predicted octanol–water partition coefficient (Wildman–Crippen LogP) is 3.76. The monoisotopic (exact) mass is 344 g/mol. The summed E-state index contributed by atoms with van der Waals surface area (Å²) >= 11 is 1.52. The average Bonchev–Trinajstić information content (AvgIpc) is 3.24. The van der Waals surface area contributed by atoms with Gasteiger partial charge >= 0.3 is 5.97 Å². The van der Waals surface area contributed by atoms with Crippen molar-refractivity contribution in [3.63, 3.8) is 0 Å². The van der Waals surface area contributed by atoms with Crippen LogP contribution in [0.25, 0.3) is 11.8 Å². The summed E-state index contributed by atoms with van der Waals surface area (Å²) < 4.78 is 21.3. The molecule has 0 saturated heterocycles. The lowest BCUT2D eigenvalue weighted by Gasteiger charge is -2.12. The lowest BCUT2D eigenvalue weighted by molar-refractivity contribution is -0.130. The first-order valence-electron chi connectivity index (χ1n) is 7.15. The van der Waals surface area contributed by atoms with E-state index in [-0.39, 0.29) is 5.97 Å². The first kappa shape index (κ1) is 16.1. The first-order chi connectivity index (χ1) is 11.7. The fraction of sp³-hybridized carbons (Fsp3) is 0.167. The van der Waals surface area contributed by atoms with Crippen molar-refractivity contribution in [3.05, 3.63) is 51.7 Å². The maximum atomic E-state index is 12.1. The van der Waals surface area contributed by atoms with Gasteiger partial charge in [-0.2, -0.15) is 0 Å². The molecule has 5 nitrogen and oxygen atoms in total. The van der Waals surface area contributed by atoms with Gasteiger partial charge in [-0.25, -0.2) is 4.79 Å². The molecule has 3 rings (SSSR count). The molecule has 0 N–H and O–H groups in total. The highest BCUT2D eigenvalue weighted by atomic mass is 32.1. The Hall–Kier alpha value is -2.73. The van der Waals surface area contributed by atoms with Crippen LogP contribution in [0.1, 0.15) is 10.4 Å². The highest BCUT2D eigenvalue weighted by Gasteiger charge is 2.23. The Morgan fingerprint density at radius 1 is 1.08 bits per heavy atom. The number of methoxy groups -OCH3 is 3. The fourth-order valence-electron chi connectivity index (χ4n) is 2.39. The Bertz CT molecular complexity index is 793. The van der Waals surface area contributed by atoms with Gasteiger partial charge in [0.15, 0.2) is 11.5 Å². The van der Waals surface area contributed by atoms with Crippen LogP contribution in [-0.4, -0.2) is 27.3 Å². The maximum Gasteiger partial charge on any atom is 0.343 e. The molecule has 0 atom stereocenters. The number of thiophene rings is 1. The quantitative estimate of drug-likeness (QED) is 0.611. The molecule has 0 bridgehead atoms. The SMILES string of the molecule is COc1cc(/C=C2\C=C(c3cccs3)OC2=O)cc(OC)c1OC. The van der Waals surface area contributed by atoms with Gasteiger partial charge < -0.3 is 18.9 Å². The minimum Gasteiger partial charge on any atom is -0.493 e. The zero-order chi connectivity index (χ0) is 17.1. The van der Waals surface area contributed by atoms with Crippen molar-refractivity contribution in [3.8, 4) is 17.2 Å². The smallest absolute Gasteiger partial charge is 0.343 e. The van der Waals surface area contributed by atoms with Crippen LogP contribution >= 0.6 is 11.3 Å². The summed E-state index contributed by atoms with van der Waals surface area (Å²) in [6.07, 6.45) is 3.46. The number of benzene rings is 1. The zero-order valence-corrected chi connectivity index (χ0v) is 14.3. The molecule has 0 spiro atoms. The van der Waals surface area contributed by atoms with Crippen molar-refractivity contribution >= 4 is 29.1 Å². The molecule has 2 heterocycles. The van der Waals surface area contributed by atoms with E-state index in [0.29, 0.717) is 28.6 Å². The van der Waals surface area contributed by atoms with Crippen molar-refractivity contribution in [2.24, 2.45) is 0 Å². The summed E-state index contributed by atoms with van der Waals surface area (Å²) in [7, 11) is 4.64. The van der Waals surface area contributed by atoms with Gasteiger partial charge in [0, 0.05) is 0 Å². The van der Waals surface area contributed by atoms with E-state index in [0.717, 1.165) is 10.4 Å². The number of ether oxygens (including phenoxy) is 4. The van der Waals surface area contributed by atoms with Crippen LogP contribution in [0.5, 0.6) is 17.2 Å². The van der Waals surface area contributed by atoms with Crippen LogP contribution in [0.4, 0.5) is 0 Å². The Morgan fingerprint density at radius 3 is 2.33 bits per heavy atom. The van der Waals surface area contributed by atoms with E-state index in [2.05, 4.69) is 0 Å². The second-order valence-electron chi connectivity index (χ2n) is 4.93. The highest BCUT2D eigenvalue weighted by molar-refractivity contribution is 7.11. The molecule has 2 aromatic rings. The summed E-state index contributed by atoms with van der Waals surface area (Å²) in [5.74, 6) is 1.74. The molecule has 1 aliphatic heterocycles. The number of rotatable bonds is 5. The van der Waals surface area contributed by atoms with Gasteiger partial charge in [0.25, 0.3) is 0 Å². The topological polar surface area (TPSA) is 54.0 Å². The van der Waals surface area contributed by atoms with Crippen molar-refractivity contribution < 1.29 is 23.7 Å². The van der Waals surface area contributed by atoms with E-state index in [1.807, 2.05) is 17.5 Å². The van der Waals surface area contributed by atoms with Crippen LogP contribution in [-0.2, 0) is 9.53 Å². The van der Waals surface area contributed by atoms with Crippen LogP contribution in [0.2, 0.25) is 0 Å². The minimum atomic E-state index is -0.382. The summed E-state index contributed by atoms with van der Waals surface area (Å²) in [5.41, 5.74) is 1.22. The molecular formula is C18H16O5S. The third-order valence-corrected chi connectivity index (χ3v) is 4.38. The first-order valence-corrected chi connectivity index (χ1v) is 8.03. The van der Waals surface area contributed by atoms with E-state index in [4.69, 9.17) is 18.9 Å². The summed E-state index contributed by atoms with van der Waals surface area (Å²) in [6.45, 7) is 0. The molecule has 0 amide bonds. The molecule has 0 radical (unpaired) electrons. The molecule has 0 fully saturated rings. The maximum absolute atomic E-state index is 12.1. The lowest BCUT2D eigenvalue weighted by atomic mass is 10.1. The van der Waals surface area contributed by atoms with Gasteiger partial charge in [-0.1, -0.05) is 6.07 Å². The number of esters is 1. The van der Waals surface area contributed by atoms with Crippen LogP contribution in [0.15, 0.2) is 41.3 Å². The number of carbonyl (C=O) groups excluding carboxylic acids is 1. The van der Waals surface area contributed by atoms with Gasteiger partial charge in [-0.05, 0) is 41.3 Å². The van der Waals surface area contributed by atoms with Gasteiger partial charge in [-0.15, -0.1) is 11.3 Å². The number of cyclic esters (lactones) is 1. The number of carbonyl (C=O) groups is 1. The van der Waals surface area contributed by atoms with E-state index < -0.39 is 0 Å². The van der Waals surface area contributed by atoms with E-state index in [1.165, 1.54) is 11.3 Å². The Balaban J connectivity index is 2.00. The molecule has 124 valence electrons. The summed E-state index contributed by atoms with van der Waals surface area (Å²) in [6, 6.07) is 7.37. The van der Waals surface area contributed by atoms with Gasteiger partial charge in [0.2, 0.25) is 5.75 Å². The summed E-state index contributed by atoms with van der Waals surface area (Å²) in [4.78, 5) is 13.0. The van der Waals surface area contributed by atoms with E-state index in [1.54, 1.807) is 45.6 Å². The number of hydrogen-bond donors (Lipinski definition) is 0. The molecule has 0 aliphatic carbocycles. The third-order valence-electron chi connectivity index (χ3n) is 3.50. The molecule has 0 saturated carbocycles. The van der Waals surface area contributed by atoms with E-state index in [9.17, 15) is 4.79 Å². The standard InChI is InChI=1S/C18H16O5S/c1-20-14-8-11(9-15(21-2)17(14)22-3)7-12-10-13(23-18(12)19)16-5-4-6-24-16/h4-10H,1-3H3/b12-7+. The molecule has 6 heteroatoms. The normalized spacial score (nSPS) is 15.2. The third kappa shape index (κ3) is 3.00. The predicted molar refractivity (Wildman–Crippen MR) is 92.5 cm³/mol. The van der Waals surface area contributed by atoms with E-state index >= 15 is 0 Å². The largest absolute Gasteiger partial charge is 0.493 e. The van der Waals surface area contributed by atoms with Crippen molar-refractivity contribution in [2.45, 2.75) is 0 Å². The highest BCUT2D eigenvalue weighted by Crippen LogP contribution is 2.39. The molecular weight excluding hydrogens is 328 g/mol. The summed E-state index contributed by atoms with van der Waals surface area (Å²) in [5, 5.41) is 1.94. The van der Waals surface area contributed by atoms with Crippen molar-refractivity contribution in [1.82, 2.24) is 0 Å². The molecule has 1 aromatic heterocycles. The zero-order valence-electron chi connectivity index (χ0n) is 13.5. The van der Waals surface area contributed by atoms with Crippen molar-refractivity contribution in [1.29, 1.82) is 0 Å². The second-order valence-corrected chi connectivity index (χ2v) is 5.88. The fourth-order valence-corrected chi connectivity index (χ4v) is 3.07. The van der Waals surface area contributed by atoms with Gasteiger partial charge in [0.05, 0.1) is 31.8 Å². The Kier molecular flexibility index (Phi) is 4.57. The van der Waals surface area contributed by atoms with Crippen LogP contribution < -0.4 is 14.2 Å². The molecule has 0 unspecified atom stereocenters. The van der Waals surface area contributed by atoms with Gasteiger partial charge in [-0.3, -0.25) is 0 Å². The van der Waals surface area contributed by atoms with Crippen LogP contribution in [0, 0.1) is 0 Å². The molecule has 1 aliphatic rings. The van der Waals surface area contributed by atoms with Crippen molar-refractivity contribution in [2.75, 3.05) is 21.3 Å². The van der Waals surface area contributed by atoms with Crippen LogP contribution in [0.3, 0.4) is 0 Å². The Labute approximate surface area is 143 Å². The molecule has 1 aromatic carbocycles. The van der Waals surface area contributed by atoms with Gasteiger partial charge in [0.1, 0.15) is 5.76 Å². The Morgan fingerprint density at radius 2 is 1.79 bits per heavy atom. The minimum absolute atomic E-state index is 0.382. The second kappa shape index (κ2) is 6.80. The average molecular weight is 344 g/mol. The molecule has 24 heavy (non-hydrogen) atoms.